The van der Waals surface area contributed by atoms with E-state index in [1.165, 1.54) is 0 Å². The summed E-state index contributed by atoms with van der Waals surface area (Å²) in [4.78, 5) is 26.9. The van der Waals surface area contributed by atoms with Crippen LogP contribution in [0.2, 0.25) is 0 Å². The van der Waals surface area contributed by atoms with Crippen LogP contribution in [0.3, 0.4) is 0 Å². The molecule has 2 aromatic rings. The van der Waals surface area contributed by atoms with Crippen molar-refractivity contribution >= 4 is 17.5 Å². The van der Waals surface area contributed by atoms with Gasteiger partial charge < -0.3 is 15.0 Å². The zero-order valence-electron chi connectivity index (χ0n) is 16.7. The van der Waals surface area contributed by atoms with Crippen molar-refractivity contribution in [3.8, 4) is 5.75 Å². The Morgan fingerprint density at radius 2 is 1.74 bits per heavy atom. The van der Waals surface area contributed by atoms with Crippen molar-refractivity contribution in [3.05, 3.63) is 59.7 Å². The highest BCUT2D eigenvalue weighted by Crippen LogP contribution is 2.20. The third-order valence-electron chi connectivity index (χ3n) is 4.25. The van der Waals surface area contributed by atoms with Gasteiger partial charge in [0.15, 0.2) is 0 Å². The number of ether oxygens (including phenoxy) is 1. The van der Waals surface area contributed by atoms with E-state index in [2.05, 4.69) is 5.32 Å². The molecule has 0 aliphatic carbocycles. The van der Waals surface area contributed by atoms with E-state index in [9.17, 15) is 9.59 Å². The minimum atomic E-state index is -0.496. The largest absolute Gasteiger partial charge is 0.497 e. The smallest absolute Gasteiger partial charge is 0.254 e. The molecule has 5 heteroatoms. The van der Waals surface area contributed by atoms with Crippen LogP contribution in [-0.4, -0.2) is 30.4 Å². The number of benzene rings is 2. The molecule has 144 valence electrons. The van der Waals surface area contributed by atoms with Gasteiger partial charge in [0, 0.05) is 29.8 Å². The first-order valence-corrected chi connectivity index (χ1v) is 9.08. The summed E-state index contributed by atoms with van der Waals surface area (Å²) in [6, 6.07) is 14.7. The van der Waals surface area contributed by atoms with Crippen molar-refractivity contribution in [1.82, 2.24) is 4.90 Å². The third-order valence-corrected chi connectivity index (χ3v) is 4.25. The molecule has 2 amide bonds. The zero-order chi connectivity index (χ0) is 20.0. The molecule has 0 aliphatic heterocycles. The van der Waals surface area contributed by atoms with Crippen LogP contribution in [0.15, 0.2) is 48.5 Å². The van der Waals surface area contributed by atoms with E-state index in [0.29, 0.717) is 24.3 Å². The second kappa shape index (κ2) is 8.71. The Morgan fingerprint density at radius 1 is 1.07 bits per heavy atom. The lowest BCUT2D eigenvalue weighted by molar-refractivity contribution is -0.123. The fourth-order valence-corrected chi connectivity index (χ4v) is 2.51. The van der Waals surface area contributed by atoms with E-state index in [-0.39, 0.29) is 11.8 Å². The zero-order valence-corrected chi connectivity index (χ0v) is 16.7. The van der Waals surface area contributed by atoms with E-state index < -0.39 is 5.41 Å². The minimum Gasteiger partial charge on any atom is -0.497 e. The second-order valence-electron chi connectivity index (χ2n) is 7.45. The summed E-state index contributed by atoms with van der Waals surface area (Å²) in [5.74, 6) is 0.633. The summed E-state index contributed by atoms with van der Waals surface area (Å²) in [7, 11) is 1.63. The minimum absolute atomic E-state index is 0.0693. The third kappa shape index (κ3) is 5.58. The Bertz CT molecular complexity index is 792. The highest BCUT2D eigenvalue weighted by Gasteiger charge is 2.22. The lowest BCUT2D eigenvalue weighted by Crippen LogP contribution is -2.30. The first-order valence-electron chi connectivity index (χ1n) is 9.08. The van der Waals surface area contributed by atoms with Gasteiger partial charge in [-0.1, -0.05) is 39.0 Å². The first-order chi connectivity index (χ1) is 12.7. The van der Waals surface area contributed by atoms with E-state index in [4.69, 9.17) is 4.74 Å². The van der Waals surface area contributed by atoms with Crippen LogP contribution in [0.25, 0.3) is 0 Å². The fourth-order valence-electron chi connectivity index (χ4n) is 2.51. The number of amides is 2. The van der Waals surface area contributed by atoms with Crippen molar-refractivity contribution in [1.29, 1.82) is 0 Å². The van der Waals surface area contributed by atoms with Crippen LogP contribution < -0.4 is 10.1 Å². The maximum absolute atomic E-state index is 12.9. The molecule has 0 radical (unpaired) electrons. The molecule has 0 atom stereocenters. The summed E-state index contributed by atoms with van der Waals surface area (Å²) < 4.78 is 5.17. The monoisotopic (exact) mass is 368 g/mol. The Labute approximate surface area is 161 Å². The maximum Gasteiger partial charge on any atom is 0.254 e. The SMILES string of the molecule is CCN(Cc1ccc(OC)cc1)C(=O)c1cccc(NC(=O)C(C)(C)C)c1. The predicted molar refractivity (Wildman–Crippen MR) is 108 cm³/mol. The Balaban J connectivity index is 2.14. The number of nitrogens with zero attached hydrogens (tertiary/aromatic N) is 1. The lowest BCUT2D eigenvalue weighted by atomic mass is 9.95. The van der Waals surface area contributed by atoms with Crippen LogP contribution in [0.5, 0.6) is 5.75 Å². The Morgan fingerprint density at radius 3 is 2.30 bits per heavy atom. The Hall–Kier alpha value is -2.82. The molecule has 1 N–H and O–H groups in total. The summed E-state index contributed by atoms with van der Waals surface area (Å²) in [5, 5.41) is 2.87. The molecule has 0 aliphatic rings. The predicted octanol–water partition coefficient (Wildman–Crippen LogP) is 4.34. The van der Waals surface area contributed by atoms with Gasteiger partial charge in [0.05, 0.1) is 7.11 Å². The summed E-state index contributed by atoms with van der Waals surface area (Å²) >= 11 is 0. The highest BCUT2D eigenvalue weighted by atomic mass is 16.5. The van der Waals surface area contributed by atoms with Gasteiger partial charge in [0.25, 0.3) is 5.91 Å². The molecule has 0 bridgehead atoms. The van der Waals surface area contributed by atoms with Gasteiger partial charge in [0.2, 0.25) is 5.91 Å². The average molecular weight is 368 g/mol. The van der Waals surface area contributed by atoms with Gasteiger partial charge >= 0.3 is 0 Å². The fraction of sp³-hybridized carbons (Fsp3) is 0.364. The van der Waals surface area contributed by atoms with Crippen molar-refractivity contribution in [3.63, 3.8) is 0 Å². The van der Waals surface area contributed by atoms with Gasteiger partial charge in [-0.2, -0.15) is 0 Å². The number of hydrogen-bond donors (Lipinski definition) is 1. The van der Waals surface area contributed by atoms with Crippen LogP contribution in [-0.2, 0) is 11.3 Å². The molecule has 0 unspecified atom stereocenters. The highest BCUT2D eigenvalue weighted by molar-refractivity contribution is 5.98. The van der Waals surface area contributed by atoms with Crippen LogP contribution in [0.1, 0.15) is 43.6 Å². The molecule has 27 heavy (non-hydrogen) atoms. The first kappa shape index (κ1) is 20.5. The number of anilines is 1. The van der Waals surface area contributed by atoms with Gasteiger partial charge in [-0.05, 0) is 42.8 Å². The van der Waals surface area contributed by atoms with Crippen LogP contribution >= 0.6 is 0 Å². The van der Waals surface area contributed by atoms with Gasteiger partial charge in [-0.25, -0.2) is 0 Å². The molecule has 0 aromatic heterocycles. The van der Waals surface area contributed by atoms with Crippen LogP contribution in [0.4, 0.5) is 5.69 Å². The number of hydrogen-bond acceptors (Lipinski definition) is 3. The number of nitrogens with one attached hydrogen (secondary N) is 1. The van der Waals surface area contributed by atoms with E-state index in [1.807, 2.05) is 52.0 Å². The van der Waals surface area contributed by atoms with Crippen molar-refractivity contribution in [2.24, 2.45) is 5.41 Å². The molecule has 5 nitrogen and oxygen atoms in total. The van der Waals surface area contributed by atoms with Crippen molar-refractivity contribution in [2.45, 2.75) is 34.2 Å². The standard InChI is InChI=1S/C22H28N2O3/c1-6-24(15-16-10-12-19(27-5)13-11-16)20(25)17-8-7-9-18(14-17)23-21(26)22(2,3)4/h7-14H,6,15H2,1-5H3,(H,23,26). The molecule has 0 spiro atoms. The van der Waals surface area contributed by atoms with Crippen LogP contribution in [0, 0.1) is 5.41 Å². The molecule has 0 saturated carbocycles. The second-order valence-corrected chi connectivity index (χ2v) is 7.45. The van der Waals surface area contributed by atoms with Crippen molar-refractivity contribution in [2.75, 3.05) is 19.0 Å². The number of rotatable bonds is 6. The van der Waals surface area contributed by atoms with E-state index in [0.717, 1.165) is 11.3 Å². The van der Waals surface area contributed by atoms with E-state index >= 15 is 0 Å². The lowest BCUT2D eigenvalue weighted by Gasteiger charge is -2.22. The summed E-state index contributed by atoms with van der Waals surface area (Å²) in [6.07, 6.45) is 0. The number of carbonyl (C=O) groups excluding carboxylic acids is 2. The Kier molecular flexibility index (Phi) is 6.61. The van der Waals surface area contributed by atoms with E-state index in [1.54, 1.807) is 36.3 Å². The molecule has 0 heterocycles. The molecule has 0 saturated heterocycles. The van der Waals surface area contributed by atoms with Gasteiger partial charge in [0.1, 0.15) is 5.75 Å². The average Bonchev–Trinajstić information content (AvgIpc) is 2.65. The quantitative estimate of drug-likeness (QED) is 0.825. The molecule has 2 rings (SSSR count). The number of carbonyl (C=O) groups is 2. The molecule has 0 fully saturated rings. The van der Waals surface area contributed by atoms with Gasteiger partial charge in [-0.3, -0.25) is 9.59 Å². The molecule has 2 aromatic carbocycles. The number of methoxy groups -OCH3 is 1. The summed E-state index contributed by atoms with van der Waals surface area (Å²) in [5.41, 5.74) is 1.71. The maximum atomic E-state index is 12.9. The van der Waals surface area contributed by atoms with Crippen molar-refractivity contribution < 1.29 is 14.3 Å². The molecular formula is C22H28N2O3. The normalized spacial score (nSPS) is 11.0. The van der Waals surface area contributed by atoms with Gasteiger partial charge in [-0.15, -0.1) is 0 Å². The molecular weight excluding hydrogens is 340 g/mol. The topological polar surface area (TPSA) is 58.6 Å². The summed E-state index contributed by atoms with van der Waals surface area (Å²) in [6.45, 7) is 8.61.